The van der Waals surface area contributed by atoms with Crippen LogP contribution in [0.2, 0.25) is 0 Å². The molecule has 0 aromatic heterocycles. The van der Waals surface area contributed by atoms with Gasteiger partial charge in [0.15, 0.2) is 0 Å². The molecule has 0 spiro atoms. The van der Waals surface area contributed by atoms with Crippen molar-refractivity contribution in [2.45, 2.75) is 32.4 Å². The van der Waals surface area contributed by atoms with E-state index in [2.05, 4.69) is 0 Å². The average Bonchev–Trinajstić information content (AvgIpc) is 3.21. The molecule has 0 aliphatic carbocycles. The Kier molecular flexibility index (Phi) is 6.71. The van der Waals surface area contributed by atoms with E-state index in [9.17, 15) is 4.79 Å². The zero-order valence-electron chi connectivity index (χ0n) is 16.0. The number of nitrogens with zero attached hydrogens (tertiary/aromatic N) is 1. The van der Waals surface area contributed by atoms with Gasteiger partial charge in [-0.2, -0.15) is 0 Å². The molecule has 1 atom stereocenters. The van der Waals surface area contributed by atoms with Gasteiger partial charge in [0.1, 0.15) is 18.1 Å². The van der Waals surface area contributed by atoms with Crippen LogP contribution in [0, 0.1) is 0 Å². The molecule has 0 radical (unpaired) electrons. The van der Waals surface area contributed by atoms with Gasteiger partial charge in [-0.05, 0) is 61.7 Å². The number of hydrogen-bond acceptors (Lipinski definition) is 4. The van der Waals surface area contributed by atoms with E-state index in [1.165, 1.54) is 0 Å². The number of hydrogen-bond donors (Lipinski definition) is 0. The first-order chi connectivity index (χ1) is 13.2. The van der Waals surface area contributed by atoms with Gasteiger partial charge in [-0.1, -0.05) is 12.1 Å². The van der Waals surface area contributed by atoms with E-state index in [0.717, 1.165) is 36.5 Å². The van der Waals surface area contributed by atoms with E-state index in [4.69, 9.17) is 14.2 Å². The number of carbonyl (C=O) groups is 1. The molecule has 1 aliphatic rings. The van der Waals surface area contributed by atoms with Crippen LogP contribution < -0.4 is 9.47 Å². The third-order valence-corrected chi connectivity index (χ3v) is 4.56. The lowest BCUT2D eigenvalue weighted by Gasteiger charge is -2.18. The molecule has 1 saturated heterocycles. The van der Waals surface area contributed by atoms with Crippen LogP contribution in [0.4, 0.5) is 0 Å². The minimum absolute atomic E-state index is 0.0189. The first-order valence-electron chi connectivity index (χ1n) is 9.47. The first-order valence-corrected chi connectivity index (χ1v) is 9.47. The maximum atomic E-state index is 12.6. The summed E-state index contributed by atoms with van der Waals surface area (Å²) in [5, 5.41) is 0. The molecule has 0 saturated carbocycles. The molecule has 1 heterocycles. The van der Waals surface area contributed by atoms with E-state index in [1.807, 2.05) is 55.5 Å². The standard InChI is InChI=1S/C22H27NO4/c1-3-25-19-10-6-17(7-11-19)15-23(2)22(24)18-8-12-20(13-9-18)27-16-21-5-4-14-26-21/h6-13,21H,3-5,14-16H2,1-2H3. The van der Waals surface area contributed by atoms with Gasteiger partial charge in [0.25, 0.3) is 5.91 Å². The molecule has 0 N–H and O–H groups in total. The third-order valence-electron chi connectivity index (χ3n) is 4.56. The Bertz CT molecular complexity index is 721. The van der Waals surface area contributed by atoms with Gasteiger partial charge in [0.05, 0.1) is 12.7 Å². The Morgan fingerprint density at radius 2 is 1.74 bits per heavy atom. The molecule has 144 valence electrons. The molecule has 27 heavy (non-hydrogen) atoms. The second-order valence-electron chi connectivity index (χ2n) is 6.71. The van der Waals surface area contributed by atoms with E-state index in [-0.39, 0.29) is 12.0 Å². The van der Waals surface area contributed by atoms with Gasteiger partial charge in [-0.3, -0.25) is 4.79 Å². The van der Waals surface area contributed by atoms with Crippen molar-refractivity contribution in [2.24, 2.45) is 0 Å². The molecular weight excluding hydrogens is 342 g/mol. The highest BCUT2D eigenvalue weighted by Crippen LogP contribution is 2.18. The Hall–Kier alpha value is -2.53. The van der Waals surface area contributed by atoms with Gasteiger partial charge in [-0.25, -0.2) is 0 Å². The highest BCUT2D eigenvalue weighted by Gasteiger charge is 2.16. The summed E-state index contributed by atoms with van der Waals surface area (Å²) in [6.45, 7) is 4.53. The second-order valence-corrected chi connectivity index (χ2v) is 6.71. The van der Waals surface area contributed by atoms with Crippen LogP contribution in [-0.2, 0) is 11.3 Å². The predicted octanol–water partition coefficient (Wildman–Crippen LogP) is 3.92. The molecule has 1 aliphatic heterocycles. The van der Waals surface area contributed by atoms with Crippen molar-refractivity contribution in [1.29, 1.82) is 0 Å². The largest absolute Gasteiger partial charge is 0.494 e. The maximum Gasteiger partial charge on any atom is 0.253 e. The molecule has 1 amide bonds. The third kappa shape index (κ3) is 5.47. The van der Waals surface area contributed by atoms with Crippen LogP contribution in [0.5, 0.6) is 11.5 Å². The van der Waals surface area contributed by atoms with Crippen LogP contribution in [0.3, 0.4) is 0 Å². The molecular formula is C22H27NO4. The lowest BCUT2D eigenvalue weighted by Crippen LogP contribution is -2.26. The summed E-state index contributed by atoms with van der Waals surface area (Å²) in [5.41, 5.74) is 1.71. The van der Waals surface area contributed by atoms with E-state index in [1.54, 1.807) is 11.9 Å². The lowest BCUT2D eigenvalue weighted by molar-refractivity contribution is 0.0679. The van der Waals surface area contributed by atoms with Gasteiger partial charge in [0.2, 0.25) is 0 Å². The summed E-state index contributed by atoms with van der Waals surface area (Å²) in [6.07, 6.45) is 2.33. The minimum atomic E-state index is -0.0189. The predicted molar refractivity (Wildman–Crippen MR) is 104 cm³/mol. The number of ether oxygens (including phenoxy) is 3. The molecule has 2 aromatic rings. The Morgan fingerprint density at radius 1 is 1.07 bits per heavy atom. The van der Waals surface area contributed by atoms with Crippen molar-refractivity contribution >= 4 is 5.91 Å². The summed E-state index contributed by atoms with van der Waals surface area (Å²) >= 11 is 0. The Morgan fingerprint density at radius 3 is 2.37 bits per heavy atom. The summed E-state index contributed by atoms with van der Waals surface area (Å²) in [7, 11) is 1.81. The fourth-order valence-corrected chi connectivity index (χ4v) is 3.08. The van der Waals surface area contributed by atoms with Crippen molar-refractivity contribution in [1.82, 2.24) is 4.90 Å². The van der Waals surface area contributed by atoms with Crippen molar-refractivity contribution in [3.05, 3.63) is 59.7 Å². The van der Waals surface area contributed by atoms with Gasteiger partial charge in [-0.15, -0.1) is 0 Å². The van der Waals surface area contributed by atoms with Crippen molar-refractivity contribution in [2.75, 3.05) is 26.9 Å². The normalized spacial score (nSPS) is 16.1. The summed E-state index contributed by atoms with van der Waals surface area (Å²) < 4.78 is 16.7. The molecule has 5 nitrogen and oxygen atoms in total. The lowest BCUT2D eigenvalue weighted by atomic mass is 10.1. The van der Waals surface area contributed by atoms with E-state index >= 15 is 0 Å². The van der Waals surface area contributed by atoms with Crippen LogP contribution in [-0.4, -0.2) is 43.8 Å². The van der Waals surface area contributed by atoms with Crippen LogP contribution in [0.15, 0.2) is 48.5 Å². The average molecular weight is 369 g/mol. The smallest absolute Gasteiger partial charge is 0.253 e. The molecule has 5 heteroatoms. The van der Waals surface area contributed by atoms with E-state index in [0.29, 0.717) is 25.3 Å². The molecule has 0 bridgehead atoms. The number of rotatable bonds is 8. The fraction of sp³-hybridized carbons (Fsp3) is 0.409. The summed E-state index contributed by atoms with van der Waals surface area (Å²) in [4.78, 5) is 14.3. The second kappa shape index (κ2) is 9.42. The fourth-order valence-electron chi connectivity index (χ4n) is 3.08. The maximum absolute atomic E-state index is 12.6. The highest BCUT2D eigenvalue weighted by atomic mass is 16.5. The van der Waals surface area contributed by atoms with Crippen molar-refractivity contribution in [3.8, 4) is 11.5 Å². The van der Waals surface area contributed by atoms with Crippen molar-refractivity contribution in [3.63, 3.8) is 0 Å². The molecule has 1 fully saturated rings. The Labute approximate surface area is 160 Å². The number of carbonyl (C=O) groups excluding carboxylic acids is 1. The van der Waals surface area contributed by atoms with E-state index < -0.39 is 0 Å². The quantitative estimate of drug-likeness (QED) is 0.708. The number of amides is 1. The number of benzene rings is 2. The summed E-state index contributed by atoms with van der Waals surface area (Å²) in [5.74, 6) is 1.58. The summed E-state index contributed by atoms with van der Waals surface area (Å²) in [6, 6.07) is 15.1. The topological polar surface area (TPSA) is 48.0 Å². The van der Waals surface area contributed by atoms with Crippen LogP contribution in [0.25, 0.3) is 0 Å². The van der Waals surface area contributed by atoms with Gasteiger partial charge in [0, 0.05) is 25.8 Å². The minimum Gasteiger partial charge on any atom is -0.494 e. The SMILES string of the molecule is CCOc1ccc(CN(C)C(=O)c2ccc(OCC3CCCO3)cc2)cc1. The van der Waals surface area contributed by atoms with Gasteiger partial charge < -0.3 is 19.1 Å². The zero-order chi connectivity index (χ0) is 19.1. The van der Waals surface area contributed by atoms with Crippen LogP contribution >= 0.6 is 0 Å². The zero-order valence-corrected chi connectivity index (χ0v) is 16.0. The first kappa shape index (κ1) is 19.2. The molecule has 2 aromatic carbocycles. The van der Waals surface area contributed by atoms with Crippen molar-refractivity contribution < 1.29 is 19.0 Å². The van der Waals surface area contributed by atoms with Gasteiger partial charge >= 0.3 is 0 Å². The van der Waals surface area contributed by atoms with Crippen LogP contribution in [0.1, 0.15) is 35.7 Å². The molecule has 3 rings (SSSR count). The molecule has 1 unspecified atom stereocenters. The Balaban J connectivity index is 1.52. The highest BCUT2D eigenvalue weighted by molar-refractivity contribution is 5.94. The monoisotopic (exact) mass is 369 g/mol.